The predicted molar refractivity (Wildman–Crippen MR) is 106 cm³/mol. The molecular formula is C21H26FNO4S. The van der Waals surface area contributed by atoms with Crippen molar-refractivity contribution < 1.29 is 21.8 Å². The lowest BCUT2D eigenvalue weighted by molar-refractivity contribution is -0.137. The first-order chi connectivity index (χ1) is 13.1. The summed E-state index contributed by atoms with van der Waals surface area (Å²) in [6.07, 6.45) is 0.813. The van der Waals surface area contributed by atoms with Crippen LogP contribution < -0.4 is 4.18 Å². The van der Waals surface area contributed by atoms with Gasteiger partial charge in [0.05, 0.1) is 0 Å². The van der Waals surface area contributed by atoms with E-state index < -0.39 is 15.9 Å². The third kappa shape index (κ3) is 5.55. The van der Waals surface area contributed by atoms with Crippen LogP contribution in [0.4, 0.5) is 4.39 Å². The van der Waals surface area contributed by atoms with Crippen molar-refractivity contribution in [3.8, 4) is 5.75 Å². The first kappa shape index (κ1) is 21.9. The second-order valence-corrected chi connectivity index (χ2v) is 8.56. The van der Waals surface area contributed by atoms with E-state index in [0.717, 1.165) is 36.2 Å². The smallest absolute Gasteiger partial charge is 0.339 e. The molecule has 0 heterocycles. The van der Waals surface area contributed by atoms with Crippen molar-refractivity contribution in [1.82, 2.24) is 4.90 Å². The summed E-state index contributed by atoms with van der Waals surface area (Å²) in [6, 6.07) is 11.1. The van der Waals surface area contributed by atoms with E-state index in [1.165, 1.54) is 6.07 Å². The van der Waals surface area contributed by atoms with Gasteiger partial charge in [0.1, 0.15) is 16.5 Å². The number of hydrogen-bond donors (Lipinski definition) is 0. The topological polar surface area (TPSA) is 63.7 Å². The highest BCUT2D eigenvalue weighted by molar-refractivity contribution is 7.87. The number of nitrogens with zero attached hydrogens (tertiary/aromatic N) is 1. The van der Waals surface area contributed by atoms with E-state index in [1.54, 1.807) is 17.0 Å². The monoisotopic (exact) mass is 407 g/mol. The number of halogens is 1. The highest BCUT2D eigenvalue weighted by Crippen LogP contribution is 2.22. The Morgan fingerprint density at radius 1 is 1.11 bits per heavy atom. The second kappa shape index (κ2) is 9.19. The van der Waals surface area contributed by atoms with Crippen molar-refractivity contribution in [3.05, 3.63) is 59.9 Å². The van der Waals surface area contributed by atoms with Gasteiger partial charge in [0.2, 0.25) is 5.91 Å². The van der Waals surface area contributed by atoms with Gasteiger partial charge in [-0.3, -0.25) is 4.79 Å². The van der Waals surface area contributed by atoms with Crippen LogP contribution in [0.1, 0.15) is 39.7 Å². The van der Waals surface area contributed by atoms with Crippen LogP contribution in [-0.2, 0) is 21.5 Å². The molecule has 0 fully saturated rings. The summed E-state index contributed by atoms with van der Waals surface area (Å²) in [4.78, 5) is 14.2. The zero-order valence-electron chi connectivity index (χ0n) is 16.6. The first-order valence-electron chi connectivity index (χ1n) is 9.23. The van der Waals surface area contributed by atoms with Crippen LogP contribution in [0, 0.1) is 11.7 Å². The van der Waals surface area contributed by atoms with E-state index in [0.29, 0.717) is 6.54 Å². The van der Waals surface area contributed by atoms with Gasteiger partial charge in [-0.15, -0.1) is 0 Å². The minimum atomic E-state index is -4.07. The molecular weight excluding hydrogens is 381 g/mol. The molecule has 0 bridgehead atoms. The average Bonchev–Trinajstić information content (AvgIpc) is 2.65. The molecule has 0 aliphatic heterocycles. The summed E-state index contributed by atoms with van der Waals surface area (Å²) in [7, 11) is -4.07. The van der Waals surface area contributed by atoms with Gasteiger partial charge >= 0.3 is 10.1 Å². The van der Waals surface area contributed by atoms with Crippen molar-refractivity contribution >= 4 is 16.0 Å². The molecule has 5 nitrogen and oxygen atoms in total. The summed E-state index contributed by atoms with van der Waals surface area (Å²) in [5.74, 6) is -0.476. The minimum absolute atomic E-state index is 0.0413. The zero-order chi connectivity index (χ0) is 20.9. The molecule has 0 spiro atoms. The average molecular weight is 408 g/mol. The summed E-state index contributed by atoms with van der Waals surface area (Å²) in [5, 5.41) is 0. The molecule has 0 aliphatic rings. The Morgan fingerprint density at radius 2 is 1.75 bits per heavy atom. The van der Waals surface area contributed by atoms with Crippen LogP contribution >= 0.6 is 0 Å². The van der Waals surface area contributed by atoms with Gasteiger partial charge < -0.3 is 9.08 Å². The van der Waals surface area contributed by atoms with Crippen LogP contribution in [-0.4, -0.2) is 25.3 Å². The lowest BCUT2D eigenvalue weighted by Gasteiger charge is -2.30. The second-order valence-electron chi connectivity index (χ2n) is 7.02. The summed E-state index contributed by atoms with van der Waals surface area (Å²) in [5.41, 5.74) is 0.765. The molecule has 0 unspecified atom stereocenters. The van der Waals surface area contributed by atoms with Crippen molar-refractivity contribution in [2.24, 2.45) is 5.92 Å². The molecule has 0 radical (unpaired) electrons. The van der Waals surface area contributed by atoms with E-state index >= 15 is 0 Å². The molecule has 0 saturated heterocycles. The quantitative estimate of drug-likeness (QED) is 0.610. The van der Waals surface area contributed by atoms with Crippen LogP contribution in [0.3, 0.4) is 0 Å². The predicted octanol–water partition coefficient (Wildman–Crippen LogP) is 4.38. The SMILES string of the molecule is CC[C@H](C)N(Cc1cccc(OS(=O)(=O)c2ccc(F)cc2)c1)C(=O)C(C)C. The summed E-state index contributed by atoms with van der Waals surface area (Å²) in [6.45, 7) is 8.07. The van der Waals surface area contributed by atoms with Crippen LogP contribution in [0.25, 0.3) is 0 Å². The molecule has 1 atom stereocenters. The van der Waals surface area contributed by atoms with Gasteiger partial charge in [-0.2, -0.15) is 8.42 Å². The lowest BCUT2D eigenvalue weighted by atomic mass is 10.1. The Balaban J connectivity index is 2.23. The van der Waals surface area contributed by atoms with Gasteiger partial charge in [-0.05, 0) is 55.3 Å². The molecule has 0 aromatic heterocycles. The minimum Gasteiger partial charge on any atom is -0.379 e. The number of carbonyl (C=O) groups is 1. The van der Waals surface area contributed by atoms with Crippen molar-refractivity contribution in [3.63, 3.8) is 0 Å². The normalized spacial score (nSPS) is 12.6. The Labute approximate surface area is 166 Å². The van der Waals surface area contributed by atoms with E-state index in [9.17, 15) is 17.6 Å². The number of rotatable bonds is 8. The van der Waals surface area contributed by atoms with Crippen molar-refractivity contribution in [1.29, 1.82) is 0 Å². The first-order valence-corrected chi connectivity index (χ1v) is 10.6. The number of carbonyl (C=O) groups excluding carboxylic acids is 1. The van der Waals surface area contributed by atoms with Gasteiger partial charge in [-0.1, -0.05) is 32.9 Å². The molecule has 0 N–H and O–H groups in total. The Kier molecular flexibility index (Phi) is 7.18. The van der Waals surface area contributed by atoms with Crippen LogP contribution in [0.15, 0.2) is 53.4 Å². The molecule has 1 amide bonds. The van der Waals surface area contributed by atoms with Gasteiger partial charge in [0.15, 0.2) is 0 Å². The van der Waals surface area contributed by atoms with Gasteiger partial charge in [-0.25, -0.2) is 4.39 Å². The molecule has 152 valence electrons. The van der Waals surface area contributed by atoms with E-state index in [-0.39, 0.29) is 28.5 Å². The van der Waals surface area contributed by atoms with Crippen LogP contribution in [0.5, 0.6) is 5.75 Å². The van der Waals surface area contributed by atoms with Gasteiger partial charge in [0, 0.05) is 18.5 Å². The number of hydrogen-bond acceptors (Lipinski definition) is 4. The Hall–Kier alpha value is -2.41. The molecule has 0 aliphatic carbocycles. The number of amides is 1. The molecule has 2 aromatic rings. The largest absolute Gasteiger partial charge is 0.379 e. The highest BCUT2D eigenvalue weighted by atomic mass is 32.2. The Bertz CT molecular complexity index is 910. The fourth-order valence-corrected chi connectivity index (χ4v) is 3.59. The third-order valence-corrected chi connectivity index (χ3v) is 5.72. The van der Waals surface area contributed by atoms with E-state index in [4.69, 9.17) is 4.18 Å². The van der Waals surface area contributed by atoms with Crippen molar-refractivity contribution in [2.75, 3.05) is 0 Å². The summed E-state index contributed by atoms with van der Waals surface area (Å²) >= 11 is 0. The highest BCUT2D eigenvalue weighted by Gasteiger charge is 2.22. The molecule has 2 rings (SSSR count). The molecule has 7 heteroatoms. The third-order valence-electron chi connectivity index (χ3n) is 4.46. The standard InChI is InChI=1S/C21H26FNO4S/c1-5-16(4)23(21(24)15(2)3)14-17-7-6-8-19(13-17)27-28(25,26)20-11-9-18(22)10-12-20/h6-13,15-16H,5,14H2,1-4H3/t16-/m0/s1. The maximum Gasteiger partial charge on any atom is 0.339 e. The fourth-order valence-electron chi connectivity index (χ4n) is 2.67. The lowest BCUT2D eigenvalue weighted by Crippen LogP contribution is -2.40. The number of benzene rings is 2. The maximum atomic E-state index is 13.0. The molecule has 28 heavy (non-hydrogen) atoms. The zero-order valence-corrected chi connectivity index (χ0v) is 17.4. The van der Waals surface area contributed by atoms with E-state index in [2.05, 4.69) is 0 Å². The maximum absolute atomic E-state index is 13.0. The molecule has 0 saturated carbocycles. The molecule has 2 aromatic carbocycles. The summed E-state index contributed by atoms with van der Waals surface area (Å²) < 4.78 is 43.0. The Morgan fingerprint density at radius 3 is 2.32 bits per heavy atom. The fraction of sp³-hybridized carbons (Fsp3) is 0.381. The van der Waals surface area contributed by atoms with Gasteiger partial charge in [0.25, 0.3) is 0 Å². The van der Waals surface area contributed by atoms with Crippen LogP contribution in [0.2, 0.25) is 0 Å². The van der Waals surface area contributed by atoms with E-state index in [1.807, 2.05) is 33.8 Å². The van der Waals surface area contributed by atoms with Crippen molar-refractivity contribution in [2.45, 2.75) is 51.6 Å².